The van der Waals surface area contributed by atoms with Gasteiger partial charge in [-0.05, 0) is 43.4 Å². The van der Waals surface area contributed by atoms with Crippen LogP contribution in [0.2, 0.25) is 0 Å². The summed E-state index contributed by atoms with van der Waals surface area (Å²) in [5.41, 5.74) is 1.35. The third-order valence-corrected chi connectivity index (χ3v) is 5.00. The van der Waals surface area contributed by atoms with Crippen molar-refractivity contribution < 1.29 is 28.9 Å². The molecule has 0 atom stereocenters. The third-order valence-electron chi connectivity index (χ3n) is 5.00. The van der Waals surface area contributed by atoms with Crippen molar-refractivity contribution in [2.75, 3.05) is 26.4 Å². The molecule has 0 saturated carbocycles. The van der Waals surface area contributed by atoms with Gasteiger partial charge in [-0.2, -0.15) is 0 Å². The minimum atomic E-state index is -0.844. The Morgan fingerprint density at radius 1 is 0.774 bits per heavy atom. The number of esters is 1. The number of carbonyl (C=O) groups excluding carboxylic acids is 1. The lowest BCUT2D eigenvalue weighted by Crippen LogP contribution is -2.13. The number of hydrogen-bond acceptors (Lipinski definition) is 5. The summed E-state index contributed by atoms with van der Waals surface area (Å²) in [5, 5.41) is 8.53. The molecule has 0 aliphatic heterocycles. The number of aliphatic carboxylic acids is 1. The van der Waals surface area contributed by atoms with Gasteiger partial charge in [-0.1, -0.05) is 57.6 Å². The van der Waals surface area contributed by atoms with Gasteiger partial charge >= 0.3 is 11.9 Å². The second-order valence-corrected chi connectivity index (χ2v) is 7.80. The molecule has 0 radical (unpaired) electrons. The van der Waals surface area contributed by atoms with E-state index in [1.165, 1.54) is 50.5 Å². The van der Waals surface area contributed by atoms with E-state index in [9.17, 15) is 9.59 Å². The molecule has 0 spiro atoms. The second-order valence-electron chi connectivity index (χ2n) is 7.80. The predicted octanol–water partition coefficient (Wildman–Crippen LogP) is 5.56. The molecule has 1 N–H and O–H groups in total. The predicted molar refractivity (Wildman–Crippen MR) is 122 cm³/mol. The van der Waals surface area contributed by atoms with Crippen molar-refractivity contribution in [3.8, 4) is 5.75 Å². The van der Waals surface area contributed by atoms with Gasteiger partial charge in [0.25, 0.3) is 0 Å². The molecule has 0 aromatic heterocycles. The number of carboxylic acids is 1. The van der Waals surface area contributed by atoms with Crippen LogP contribution in [-0.2, 0) is 25.5 Å². The van der Waals surface area contributed by atoms with Crippen molar-refractivity contribution in [3.05, 3.63) is 29.8 Å². The number of carbonyl (C=O) groups is 2. The van der Waals surface area contributed by atoms with Gasteiger partial charge in [0.2, 0.25) is 0 Å². The van der Waals surface area contributed by atoms with Crippen LogP contribution in [0, 0.1) is 0 Å². The molecule has 31 heavy (non-hydrogen) atoms. The van der Waals surface area contributed by atoms with E-state index in [-0.39, 0.29) is 25.4 Å². The third kappa shape index (κ3) is 16.3. The topological polar surface area (TPSA) is 82.1 Å². The number of ether oxygens (including phenoxy) is 3. The van der Waals surface area contributed by atoms with E-state index in [0.29, 0.717) is 32.7 Å². The molecule has 176 valence electrons. The first-order valence-electron chi connectivity index (χ1n) is 11.8. The Hall–Kier alpha value is -2.08. The van der Waals surface area contributed by atoms with Crippen LogP contribution in [0.15, 0.2) is 24.3 Å². The van der Waals surface area contributed by atoms with Crippen LogP contribution >= 0.6 is 0 Å². The fourth-order valence-electron chi connectivity index (χ4n) is 3.19. The Kier molecular flexibility index (Phi) is 16.2. The summed E-state index contributed by atoms with van der Waals surface area (Å²) in [4.78, 5) is 21.9. The van der Waals surface area contributed by atoms with Crippen LogP contribution in [0.4, 0.5) is 0 Å². The fraction of sp³-hybridized carbons (Fsp3) is 0.680. The van der Waals surface area contributed by atoms with Gasteiger partial charge in [0.05, 0.1) is 13.2 Å². The van der Waals surface area contributed by atoms with Crippen molar-refractivity contribution >= 4 is 11.9 Å². The van der Waals surface area contributed by atoms with Crippen molar-refractivity contribution in [3.63, 3.8) is 0 Å². The van der Waals surface area contributed by atoms with Gasteiger partial charge < -0.3 is 19.3 Å². The van der Waals surface area contributed by atoms with Gasteiger partial charge in [0.15, 0.2) is 0 Å². The monoisotopic (exact) mass is 436 g/mol. The summed E-state index contributed by atoms with van der Waals surface area (Å²) < 4.78 is 16.1. The van der Waals surface area contributed by atoms with Gasteiger partial charge in [-0.25, -0.2) is 0 Å². The summed E-state index contributed by atoms with van der Waals surface area (Å²) in [6.07, 6.45) is 11.7. The summed E-state index contributed by atoms with van der Waals surface area (Å²) in [5.74, 6) is -0.329. The highest BCUT2D eigenvalue weighted by atomic mass is 16.6. The molecular formula is C25H40O6. The maximum Gasteiger partial charge on any atom is 0.305 e. The smallest absolute Gasteiger partial charge is 0.305 e. The average Bonchev–Trinajstić information content (AvgIpc) is 2.76. The molecule has 0 unspecified atom stereocenters. The lowest BCUT2D eigenvalue weighted by molar-refractivity contribution is -0.145. The normalized spacial score (nSPS) is 10.7. The van der Waals surface area contributed by atoms with Crippen LogP contribution in [0.1, 0.15) is 83.1 Å². The Morgan fingerprint density at radius 2 is 1.42 bits per heavy atom. The van der Waals surface area contributed by atoms with E-state index in [4.69, 9.17) is 19.3 Å². The highest BCUT2D eigenvalue weighted by Crippen LogP contribution is 2.15. The van der Waals surface area contributed by atoms with E-state index in [1.54, 1.807) is 0 Å². The van der Waals surface area contributed by atoms with Gasteiger partial charge in [0, 0.05) is 12.8 Å². The molecular weight excluding hydrogens is 396 g/mol. The summed E-state index contributed by atoms with van der Waals surface area (Å²) in [6, 6.07) is 8.26. The largest absolute Gasteiger partial charge is 0.491 e. The van der Waals surface area contributed by atoms with Crippen LogP contribution in [0.3, 0.4) is 0 Å². The lowest BCUT2D eigenvalue weighted by Gasteiger charge is -2.09. The molecule has 0 fully saturated rings. The first kappa shape index (κ1) is 27.0. The number of rotatable bonds is 20. The van der Waals surface area contributed by atoms with E-state index >= 15 is 0 Å². The standard InChI is InChI=1S/C25H40O6/c1-2-3-4-5-6-7-8-11-22-14-16-23(17-15-22)30-20-18-29-19-21-31-25(28)13-10-9-12-24(26)27/h14-17H,2-13,18-21H2,1H3,(H,26,27). The van der Waals surface area contributed by atoms with E-state index in [0.717, 1.165) is 12.2 Å². The zero-order valence-electron chi connectivity index (χ0n) is 19.1. The molecule has 1 aromatic carbocycles. The zero-order valence-corrected chi connectivity index (χ0v) is 19.1. The Balaban J connectivity index is 1.97. The average molecular weight is 437 g/mol. The fourth-order valence-corrected chi connectivity index (χ4v) is 3.19. The second kappa shape index (κ2) is 18.7. The van der Waals surface area contributed by atoms with Crippen molar-refractivity contribution in [1.82, 2.24) is 0 Å². The highest BCUT2D eigenvalue weighted by molar-refractivity contribution is 5.69. The Morgan fingerprint density at radius 3 is 2.13 bits per heavy atom. The van der Waals surface area contributed by atoms with E-state index in [2.05, 4.69) is 19.1 Å². The molecule has 6 heteroatoms. The molecule has 0 aliphatic rings. The zero-order chi connectivity index (χ0) is 22.6. The number of benzene rings is 1. The van der Waals surface area contributed by atoms with Crippen LogP contribution in [0.25, 0.3) is 0 Å². The quantitative estimate of drug-likeness (QED) is 0.213. The summed E-state index contributed by atoms with van der Waals surface area (Å²) >= 11 is 0. The molecule has 0 bridgehead atoms. The van der Waals surface area contributed by atoms with Crippen LogP contribution < -0.4 is 4.74 Å². The molecule has 0 saturated heterocycles. The van der Waals surface area contributed by atoms with Crippen molar-refractivity contribution in [2.45, 2.75) is 84.0 Å². The van der Waals surface area contributed by atoms with E-state index < -0.39 is 5.97 Å². The van der Waals surface area contributed by atoms with Crippen LogP contribution in [0.5, 0.6) is 5.75 Å². The number of hydrogen-bond donors (Lipinski definition) is 1. The highest BCUT2D eigenvalue weighted by Gasteiger charge is 2.04. The SMILES string of the molecule is CCCCCCCCCc1ccc(OCCOCCOC(=O)CCCCC(=O)O)cc1. The maximum atomic E-state index is 11.5. The molecule has 0 amide bonds. The summed E-state index contributed by atoms with van der Waals surface area (Å²) in [7, 11) is 0. The first-order chi connectivity index (χ1) is 15.1. The number of aryl methyl sites for hydroxylation is 1. The van der Waals surface area contributed by atoms with Crippen LogP contribution in [-0.4, -0.2) is 43.5 Å². The van der Waals surface area contributed by atoms with Crippen molar-refractivity contribution in [2.24, 2.45) is 0 Å². The maximum absolute atomic E-state index is 11.5. The van der Waals surface area contributed by atoms with Gasteiger partial charge in [-0.15, -0.1) is 0 Å². The van der Waals surface area contributed by atoms with E-state index in [1.807, 2.05) is 12.1 Å². The van der Waals surface area contributed by atoms with Gasteiger partial charge in [0.1, 0.15) is 19.0 Å². The lowest BCUT2D eigenvalue weighted by atomic mass is 10.0. The minimum Gasteiger partial charge on any atom is -0.491 e. The molecule has 0 heterocycles. The Labute approximate surface area is 187 Å². The first-order valence-corrected chi connectivity index (χ1v) is 11.8. The van der Waals surface area contributed by atoms with Gasteiger partial charge in [-0.3, -0.25) is 9.59 Å². The Bertz CT molecular complexity index is 584. The molecule has 1 aromatic rings. The molecule has 1 rings (SSSR count). The molecule has 0 aliphatic carbocycles. The number of carboxylic acid groups (broad SMARTS) is 1. The minimum absolute atomic E-state index is 0.0817. The summed E-state index contributed by atoms with van der Waals surface area (Å²) in [6.45, 7) is 3.64. The number of unbranched alkanes of at least 4 members (excludes halogenated alkanes) is 7. The molecule has 6 nitrogen and oxygen atoms in total. The van der Waals surface area contributed by atoms with Crippen molar-refractivity contribution in [1.29, 1.82) is 0 Å².